The van der Waals surface area contributed by atoms with Crippen LogP contribution in [0.3, 0.4) is 0 Å². The molecule has 1 amide bonds. The van der Waals surface area contributed by atoms with Gasteiger partial charge >= 0.3 is 0 Å². The number of benzene rings is 1. The van der Waals surface area contributed by atoms with Gasteiger partial charge in [-0.2, -0.15) is 0 Å². The third kappa shape index (κ3) is 4.45. The van der Waals surface area contributed by atoms with E-state index in [0.29, 0.717) is 12.1 Å². The fourth-order valence-corrected chi connectivity index (χ4v) is 2.41. The van der Waals surface area contributed by atoms with Gasteiger partial charge in [0.1, 0.15) is 5.82 Å². The van der Waals surface area contributed by atoms with E-state index in [1.165, 1.54) is 6.07 Å². The monoisotopic (exact) mass is 315 g/mol. The number of nitrogens with one attached hydrogen (secondary N) is 2. The van der Waals surface area contributed by atoms with Crippen LogP contribution in [0, 0.1) is 5.82 Å². The van der Waals surface area contributed by atoms with Crippen molar-refractivity contribution in [3.05, 3.63) is 35.1 Å². The summed E-state index contributed by atoms with van der Waals surface area (Å²) in [6.45, 7) is 0.155. The van der Waals surface area contributed by atoms with E-state index < -0.39 is 30.8 Å². The van der Waals surface area contributed by atoms with Crippen LogP contribution in [0.5, 0.6) is 0 Å². The number of carbonyl (C=O) groups is 1. The van der Waals surface area contributed by atoms with Gasteiger partial charge in [-0.15, -0.1) is 0 Å². The Morgan fingerprint density at radius 2 is 2.18 bits per heavy atom. The highest BCUT2D eigenvalue weighted by Gasteiger charge is 2.42. The lowest BCUT2D eigenvalue weighted by atomic mass is 10.1. The lowest BCUT2D eigenvalue weighted by molar-refractivity contribution is -0.123. The lowest BCUT2D eigenvalue weighted by Crippen LogP contribution is -2.40. The summed E-state index contributed by atoms with van der Waals surface area (Å²) in [6.07, 6.45) is -0.492. The molecule has 122 valence electrons. The van der Waals surface area contributed by atoms with E-state index in [-0.39, 0.29) is 12.4 Å². The van der Waals surface area contributed by atoms with E-state index >= 15 is 0 Å². The van der Waals surface area contributed by atoms with Crippen molar-refractivity contribution in [1.29, 1.82) is 0 Å². The van der Waals surface area contributed by atoms with Gasteiger partial charge in [0.15, 0.2) is 0 Å². The Labute approximate surface area is 127 Å². The molecule has 2 N–H and O–H groups in total. The average Bonchev–Trinajstić information content (AvgIpc) is 2.79. The molecule has 0 saturated carbocycles. The van der Waals surface area contributed by atoms with Crippen LogP contribution in [-0.4, -0.2) is 43.4 Å². The summed E-state index contributed by atoms with van der Waals surface area (Å²) in [5.74, 6) is -3.60. The smallest absolute Gasteiger partial charge is 0.262 e. The zero-order valence-corrected chi connectivity index (χ0v) is 12.6. The molecular weight excluding hydrogens is 295 g/mol. The van der Waals surface area contributed by atoms with Crippen LogP contribution >= 0.6 is 0 Å². The first kappa shape index (κ1) is 16.8. The van der Waals surface area contributed by atoms with Gasteiger partial charge in [-0.25, -0.2) is 13.2 Å². The maximum Gasteiger partial charge on any atom is 0.262 e. The molecule has 1 aromatic carbocycles. The second-order valence-electron chi connectivity index (χ2n) is 5.87. The van der Waals surface area contributed by atoms with Crippen molar-refractivity contribution in [3.8, 4) is 0 Å². The summed E-state index contributed by atoms with van der Waals surface area (Å²) in [5.41, 5.74) is 1.26. The topological polar surface area (TPSA) is 44.4 Å². The first-order chi connectivity index (χ1) is 10.3. The fourth-order valence-electron chi connectivity index (χ4n) is 2.41. The average molecular weight is 315 g/mol. The highest BCUT2D eigenvalue weighted by Crippen LogP contribution is 2.25. The molecule has 4 nitrogen and oxygen atoms in total. The molecule has 1 fully saturated rings. The number of halogens is 3. The van der Waals surface area contributed by atoms with Crippen molar-refractivity contribution < 1.29 is 18.0 Å². The third-order valence-electron chi connectivity index (χ3n) is 3.49. The molecule has 0 aromatic heterocycles. The van der Waals surface area contributed by atoms with Gasteiger partial charge < -0.3 is 10.2 Å². The first-order valence-corrected chi connectivity index (χ1v) is 7.08. The Hall–Kier alpha value is -1.60. The quantitative estimate of drug-likeness (QED) is 0.865. The number of rotatable bonds is 5. The maximum atomic E-state index is 13.7. The molecule has 2 rings (SSSR count). The van der Waals surface area contributed by atoms with Crippen molar-refractivity contribution >= 4 is 5.91 Å². The first-order valence-electron chi connectivity index (χ1n) is 7.08. The van der Waals surface area contributed by atoms with Gasteiger partial charge in [0.25, 0.3) is 5.92 Å². The molecular formula is C15H20F3N3O. The molecule has 1 heterocycles. The summed E-state index contributed by atoms with van der Waals surface area (Å²) in [5, 5.41) is 5.11. The van der Waals surface area contributed by atoms with Crippen molar-refractivity contribution in [3.63, 3.8) is 0 Å². The Morgan fingerprint density at radius 1 is 1.45 bits per heavy atom. The highest BCUT2D eigenvalue weighted by atomic mass is 19.3. The van der Waals surface area contributed by atoms with Crippen molar-refractivity contribution in [2.75, 3.05) is 20.6 Å². The summed E-state index contributed by atoms with van der Waals surface area (Å²) in [6, 6.07) is 3.72. The number of hydrogen-bond acceptors (Lipinski definition) is 3. The van der Waals surface area contributed by atoms with E-state index in [1.807, 2.05) is 19.0 Å². The van der Waals surface area contributed by atoms with E-state index in [9.17, 15) is 18.0 Å². The minimum atomic E-state index is -2.84. The Morgan fingerprint density at radius 3 is 2.77 bits per heavy atom. The molecule has 0 aliphatic carbocycles. The van der Waals surface area contributed by atoms with Gasteiger partial charge in [-0.05, 0) is 31.8 Å². The SMILES string of the molecule is CN(C)Cc1cc(CNC(=O)C2CC(F)(F)CN2)ccc1F. The van der Waals surface area contributed by atoms with Crippen molar-refractivity contribution in [2.45, 2.75) is 31.5 Å². The Balaban J connectivity index is 1.93. The molecule has 0 bridgehead atoms. The molecule has 1 unspecified atom stereocenters. The number of nitrogens with zero attached hydrogens (tertiary/aromatic N) is 1. The largest absolute Gasteiger partial charge is 0.351 e. The minimum Gasteiger partial charge on any atom is -0.351 e. The van der Waals surface area contributed by atoms with Crippen LogP contribution in [0.2, 0.25) is 0 Å². The normalized spacial score (nSPS) is 20.4. The van der Waals surface area contributed by atoms with Crippen LogP contribution in [0.4, 0.5) is 13.2 Å². The Bertz CT molecular complexity index is 549. The molecule has 1 aliphatic heterocycles. The molecule has 0 radical (unpaired) electrons. The predicted molar refractivity (Wildman–Crippen MR) is 77.0 cm³/mol. The second kappa shape index (κ2) is 6.66. The van der Waals surface area contributed by atoms with E-state index in [1.54, 1.807) is 12.1 Å². The van der Waals surface area contributed by atoms with Crippen molar-refractivity contribution in [2.24, 2.45) is 0 Å². The minimum absolute atomic E-state index is 0.184. The van der Waals surface area contributed by atoms with Crippen LogP contribution in [-0.2, 0) is 17.9 Å². The van der Waals surface area contributed by atoms with Gasteiger partial charge in [0, 0.05) is 25.1 Å². The number of amides is 1. The molecule has 0 spiro atoms. The number of alkyl halides is 2. The van der Waals surface area contributed by atoms with Gasteiger partial charge in [-0.3, -0.25) is 10.1 Å². The molecule has 1 atom stereocenters. The van der Waals surface area contributed by atoms with Crippen molar-refractivity contribution in [1.82, 2.24) is 15.5 Å². The van der Waals surface area contributed by atoms with Gasteiger partial charge in [-0.1, -0.05) is 6.07 Å². The van der Waals surface area contributed by atoms with Crippen LogP contribution in [0.15, 0.2) is 18.2 Å². The maximum absolute atomic E-state index is 13.7. The van der Waals surface area contributed by atoms with Gasteiger partial charge in [0.05, 0.1) is 12.6 Å². The molecule has 7 heteroatoms. The third-order valence-corrected chi connectivity index (χ3v) is 3.49. The summed E-state index contributed by atoms with van der Waals surface area (Å²) >= 11 is 0. The van der Waals surface area contributed by atoms with E-state index in [2.05, 4.69) is 10.6 Å². The highest BCUT2D eigenvalue weighted by molar-refractivity contribution is 5.82. The summed E-state index contributed by atoms with van der Waals surface area (Å²) in [4.78, 5) is 13.7. The zero-order chi connectivity index (χ0) is 16.3. The van der Waals surface area contributed by atoms with Gasteiger partial charge in [0.2, 0.25) is 5.91 Å². The fraction of sp³-hybridized carbons (Fsp3) is 0.533. The van der Waals surface area contributed by atoms with E-state index in [4.69, 9.17) is 0 Å². The molecule has 1 saturated heterocycles. The van der Waals surface area contributed by atoms with Crippen LogP contribution in [0.25, 0.3) is 0 Å². The Kier molecular flexibility index (Phi) is 5.08. The number of carbonyl (C=O) groups excluding carboxylic acids is 1. The lowest BCUT2D eigenvalue weighted by Gasteiger charge is -2.14. The number of hydrogen-bond donors (Lipinski definition) is 2. The standard InChI is InChI=1S/C15H20F3N3O/c1-21(2)8-11-5-10(3-4-12(11)16)7-19-14(22)13-6-15(17,18)9-20-13/h3-5,13,20H,6-9H2,1-2H3,(H,19,22). The molecule has 1 aliphatic rings. The predicted octanol–water partition coefficient (Wildman–Crippen LogP) is 1.50. The van der Waals surface area contributed by atoms with Crippen LogP contribution < -0.4 is 10.6 Å². The van der Waals surface area contributed by atoms with E-state index in [0.717, 1.165) is 5.56 Å². The zero-order valence-electron chi connectivity index (χ0n) is 12.6. The van der Waals surface area contributed by atoms with Crippen LogP contribution in [0.1, 0.15) is 17.5 Å². The second-order valence-corrected chi connectivity index (χ2v) is 5.87. The summed E-state index contributed by atoms with van der Waals surface area (Å²) in [7, 11) is 3.67. The molecule has 22 heavy (non-hydrogen) atoms. The summed E-state index contributed by atoms with van der Waals surface area (Å²) < 4.78 is 39.7. The molecule has 1 aromatic rings.